The van der Waals surface area contributed by atoms with Gasteiger partial charge in [0.25, 0.3) is 0 Å². The lowest BCUT2D eigenvalue weighted by Gasteiger charge is -2.30. The van der Waals surface area contributed by atoms with E-state index in [1.54, 1.807) is 20.4 Å². The average molecular weight is 387 g/mol. The van der Waals surface area contributed by atoms with Crippen LogP contribution in [-0.4, -0.2) is 41.8 Å². The maximum Gasteiger partial charge on any atom is 0.222 e. The van der Waals surface area contributed by atoms with Gasteiger partial charge in [-0.15, -0.1) is 0 Å². The van der Waals surface area contributed by atoms with Crippen molar-refractivity contribution in [1.29, 1.82) is 0 Å². The molecule has 1 saturated carbocycles. The predicted octanol–water partition coefficient (Wildman–Crippen LogP) is 3.11. The van der Waals surface area contributed by atoms with Crippen LogP contribution < -0.4 is 19.5 Å². The second-order valence-corrected chi connectivity index (χ2v) is 7.07. The summed E-state index contributed by atoms with van der Waals surface area (Å²) >= 11 is 0. The highest BCUT2D eigenvalue weighted by molar-refractivity contribution is 5.76. The summed E-state index contributed by atoms with van der Waals surface area (Å²) in [6.45, 7) is 2.60. The minimum absolute atomic E-state index is 0.0898. The summed E-state index contributed by atoms with van der Waals surface area (Å²) < 4.78 is 18.9. The molecule has 0 atom stereocenters. The van der Waals surface area contributed by atoms with Crippen molar-refractivity contribution in [1.82, 2.24) is 14.9 Å². The van der Waals surface area contributed by atoms with Crippen LogP contribution in [0.15, 0.2) is 30.6 Å². The normalized spacial score (nSPS) is 19.1. The number of carbonyl (C=O) groups excluding carboxylic acids is 1. The maximum absolute atomic E-state index is 12.2. The van der Waals surface area contributed by atoms with E-state index in [1.807, 2.05) is 35.9 Å². The largest absolute Gasteiger partial charge is 0.493 e. The van der Waals surface area contributed by atoms with Gasteiger partial charge in [-0.1, -0.05) is 6.07 Å². The molecule has 1 N–H and O–H groups in total. The van der Waals surface area contributed by atoms with Gasteiger partial charge in [0.2, 0.25) is 11.7 Å². The second kappa shape index (κ2) is 9.48. The monoisotopic (exact) mass is 387 g/mol. The fraction of sp³-hybridized carbons (Fsp3) is 0.524. The van der Waals surface area contributed by atoms with E-state index in [0.29, 0.717) is 30.2 Å². The molecule has 3 rings (SSSR count). The van der Waals surface area contributed by atoms with Gasteiger partial charge in [0.1, 0.15) is 5.82 Å². The fourth-order valence-electron chi connectivity index (χ4n) is 3.62. The Morgan fingerprint density at radius 2 is 1.93 bits per heavy atom. The Morgan fingerprint density at radius 1 is 1.18 bits per heavy atom. The van der Waals surface area contributed by atoms with Crippen molar-refractivity contribution >= 4 is 5.91 Å². The lowest BCUT2D eigenvalue weighted by Crippen LogP contribution is -2.40. The molecule has 1 amide bonds. The van der Waals surface area contributed by atoms with E-state index in [4.69, 9.17) is 14.2 Å². The number of aryl methyl sites for hydroxylation is 2. The SMILES string of the molecule is COc1cccc(OC2CCC(NC(=O)CCn3ccnc3C)CC2)c1OC. The first-order chi connectivity index (χ1) is 13.6. The summed E-state index contributed by atoms with van der Waals surface area (Å²) in [5, 5.41) is 3.15. The van der Waals surface area contributed by atoms with E-state index in [-0.39, 0.29) is 18.1 Å². The lowest BCUT2D eigenvalue weighted by molar-refractivity contribution is -0.122. The molecule has 1 aromatic carbocycles. The first-order valence-electron chi connectivity index (χ1n) is 9.75. The van der Waals surface area contributed by atoms with Crippen molar-refractivity contribution in [3.8, 4) is 17.2 Å². The number of ether oxygens (including phenoxy) is 3. The van der Waals surface area contributed by atoms with Crippen molar-refractivity contribution < 1.29 is 19.0 Å². The van der Waals surface area contributed by atoms with E-state index in [9.17, 15) is 4.79 Å². The van der Waals surface area contributed by atoms with Crippen LogP contribution in [0.3, 0.4) is 0 Å². The summed E-state index contributed by atoms with van der Waals surface area (Å²) in [5.74, 6) is 3.00. The standard InChI is InChI=1S/C21H29N3O4/c1-15-22-12-14-24(15)13-11-20(25)23-16-7-9-17(10-8-16)28-19-6-4-5-18(26-2)21(19)27-3/h4-6,12,14,16-17H,7-11,13H2,1-3H3,(H,23,25). The number of aromatic nitrogens is 2. The zero-order valence-electron chi connectivity index (χ0n) is 16.8. The van der Waals surface area contributed by atoms with Crippen LogP contribution in [0.5, 0.6) is 17.2 Å². The van der Waals surface area contributed by atoms with Gasteiger partial charge < -0.3 is 24.1 Å². The fourth-order valence-corrected chi connectivity index (χ4v) is 3.62. The van der Waals surface area contributed by atoms with Gasteiger partial charge in [-0.05, 0) is 44.7 Å². The molecule has 28 heavy (non-hydrogen) atoms. The van der Waals surface area contributed by atoms with Crippen LogP contribution in [-0.2, 0) is 11.3 Å². The number of rotatable bonds is 8. The first-order valence-corrected chi connectivity index (χ1v) is 9.75. The number of carbonyl (C=O) groups is 1. The van der Waals surface area contributed by atoms with Gasteiger partial charge in [-0.25, -0.2) is 4.98 Å². The zero-order valence-corrected chi connectivity index (χ0v) is 16.8. The molecule has 0 spiro atoms. The van der Waals surface area contributed by atoms with Gasteiger partial charge in [0.05, 0.1) is 20.3 Å². The molecule has 0 unspecified atom stereocenters. The number of amides is 1. The Labute approximate surface area is 166 Å². The quantitative estimate of drug-likeness (QED) is 0.753. The lowest BCUT2D eigenvalue weighted by atomic mass is 9.92. The molecule has 0 bridgehead atoms. The number of nitrogens with zero attached hydrogens (tertiary/aromatic N) is 2. The molecule has 1 heterocycles. The second-order valence-electron chi connectivity index (χ2n) is 7.07. The summed E-state index contributed by atoms with van der Waals surface area (Å²) in [4.78, 5) is 16.4. The molecule has 7 heteroatoms. The smallest absolute Gasteiger partial charge is 0.222 e. The van der Waals surface area contributed by atoms with Gasteiger partial charge in [0.15, 0.2) is 11.5 Å². The third-order valence-electron chi connectivity index (χ3n) is 5.20. The number of hydrogen-bond donors (Lipinski definition) is 1. The van der Waals surface area contributed by atoms with Crippen LogP contribution in [0.1, 0.15) is 37.9 Å². The number of methoxy groups -OCH3 is 2. The molecule has 2 aromatic rings. The third kappa shape index (κ3) is 4.97. The Hall–Kier alpha value is -2.70. The van der Waals surface area contributed by atoms with Gasteiger partial charge in [0, 0.05) is 31.4 Å². The molecule has 1 aliphatic carbocycles. The summed E-state index contributed by atoms with van der Waals surface area (Å²) in [6, 6.07) is 5.85. The van der Waals surface area contributed by atoms with Crippen molar-refractivity contribution in [2.24, 2.45) is 0 Å². The van der Waals surface area contributed by atoms with Crippen molar-refractivity contribution in [2.45, 2.75) is 57.7 Å². The maximum atomic E-state index is 12.2. The van der Waals surface area contributed by atoms with E-state index < -0.39 is 0 Å². The number of nitrogens with one attached hydrogen (secondary N) is 1. The highest BCUT2D eigenvalue weighted by Crippen LogP contribution is 2.38. The summed E-state index contributed by atoms with van der Waals surface area (Å²) in [5.41, 5.74) is 0. The minimum atomic E-state index is 0.0898. The molecule has 1 aliphatic rings. The van der Waals surface area contributed by atoms with Gasteiger partial charge in [-0.3, -0.25) is 4.79 Å². The Bertz CT molecular complexity index is 782. The molecular formula is C21H29N3O4. The highest BCUT2D eigenvalue weighted by Gasteiger charge is 2.25. The topological polar surface area (TPSA) is 74.6 Å². The highest BCUT2D eigenvalue weighted by atomic mass is 16.5. The van der Waals surface area contributed by atoms with Crippen LogP contribution in [0.4, 0.5) is 0 Å². The van der Waals surface area contributed by atoms with Crippen molar-refractivity contribution in [2.75, 3.05) is 14.2 Å². The molecule has 0 aliphatic heterocycles. The molecule has 0 radical (unpaired) electrons. The van der Waals surface area contributed by atoms with Gasteiger partial charge in [-0.2, -0.15) is 0 Å². The number of benzene rings is 1. The van der Waals surface area contributed by atoms with E-state index >= 15 is 0 Å². The van der Waals surface area contributed by atoms with Crippen LogP contribution in [0, 0.1) is 6.92 Å². The summed E-state index contributed by atoms with van der Waals surface area (Å²) in [7, 11) is 3.23. The minimum Gasteiger partial charge on any atom is -0.493 e. The van der Waals surface area contributed by atoms with Crippen LogP contribution in [0.25, 0.3) is 0 Å². The molecule has 1 aromatic heterocycles. The van der Waals surface area contributed by atoms with E-state index in [1.165, 1.54) is 0 Å². The Balaban J connectivity index is 1.44. The van der Waals surface area contributed by atoms with Crippen LogP contribution in [0.2, 0.25) is 0 Å². The molecule has 0 saturated heterocycles. The number of para-hydroxylation sites is 1. The molecule has 152 valence electrons. The Morgan fingerprint density at radius 3 is 2.57 bits per heavy atom. The summed E-state index contributed by atoms with van der Waals surface area (Å²) in [6.07, 6.45) is 7.85. The number of hydrogen-bond acceptors (Lipinski definition) is 5. The molecule has 7 nitrogen and oxygen atoms in total. The van der Waals surface area contributed by atoms with E-state index in [2.05, 4.69) is 10.3 Å². The van der Waals surface area contributed by atoms with Gasteiger partial charge >= 0.3 is 0 Å². The average Bonchev–Trinajstić information content (AvgIpc) is 3.12. The molecule has 1 fully saturated rings. The number of imidazole rings is 1. The Kier molecular flexibility index (Phi) is 6.79. The molecular weight excluding hydrogens is 358 g/mol. The predicted molar refractivity (Wildman–Crippen MR) is 106 cm³/mol. The van der Waals surface area contributed by atoms with Crippen molar-refractivity contribution in [3.05, 3.63) is 36.4 Å². The van der Waals surface area contributed by atoms with E-state index in [0.717, 1.165) is 31.5 Å². The zero-order chi connectivity index (χ0) is 19.9. The van der Waals surface area contributed by atoms with Crippen LogP contribution >= 0.6 is 0 Å². The first kappa shape index (κ1) is 20.0. The third-order valence-corrected chi connectivity index (χ3v) is 5.20. The van der Waals surface area contributed by atoms with Crippen molar-refractivity contribution in [3.63, 3.8) is 0 Å².